The standard InChI is InChI=1S/C13H18N2OS/c16-13(9-14-12-6-7-17-10-12)15-8-11-4-2-1-3-5-11/h1-5,12,14H,6-10H2,(H,15,16). The Kier molecular flexibility index (Phi) is 4.88. The van der Waals surface area contributed by atoms with Crippen LogP contribution >= 0.6 is 11.8 Å². The quantitative estimate of drug-likeness (QED) is 0.830. The molecule has 1 atom stereocenters. The minimum atomic E-state index is 0.0748. The first kappa shape index (κ1) is 12.5. The van der Waals surface area contributed by atoms with Gasteiger partial charge in [-0.1, -0.05) is 30.3 Å². The summed E-state index contributed by atoms with van der Waals surface area (Å²) in [4.78, 5) is 11.6. The lowest BCUT2D eigenvalue weighted by molar-refractivity contribution is -0.120. The highest BCUT2D eigenvalue weighted by atomic mass is 32.2. The Balaban J connectivity index is 1.64. The molecule has 3 nitrogen and oxygen atoms in total. The van der Waals surface area contributed by atoms with E-state index in [0.717, 1.165) is 11.3 Å². The predicted octanol–water partition coefficient (Wildman–Crippen LogP) is 1.40. The summed E-state index contributed by atoms with van der Waals surface area (Å²) in [5, 5.41) is 6.20. The fourth-order valence-electron chi connectivity index (χ4n) is 1.79. The number of nitrogens with one attached hydrogen (secondary N) is 2. The van der Waals surface area contributed by atoms with Crippen LogP contribution in [0.1, 0.15) is 12.0 Å². The van der Waals surface area contributed by atoms with Crippen molar-refractivity contribution in [3.8, 4) is 0 Å². The largest absolute Gasteiger partial charge is 0.351 e. The van der Waals surface area contributed by atoms with Crippen molar-refractivity contribution in [1.29, 1.82) is 0 Å². The van der Waals surface area contributed by atoms with Gasteiger partial charge in [0, 0.05) is 18.3 Å². The molecule has 1 aliphatic rings. The van der Waals surface area contributed by atoms with Gasteiger partial charge in [0.1, 0.15) is 0 Å². The second kappa shape index (κ2) is 6.67. The van der Waals surface area contributed by atoms with E-state index in [1.54, 1.807) is 0 Å². The van der Waals surface area contributed by atoms with Crippen molar-refractivity contribution in [2.75, 3.05) is 18.1 Å². The molecule has 1 fully saturated rings. The van der Waals surface area contributed by atoms with E-state index in [-0.39, 0.29) is 5.91 Å². The first-order chi connectivity index (χ1) is 8.34. The molecule has 1 aromatic rings. The highest BCUT2D eigenvalue weighted by Gasteiger charge is 2.15. The van der Waals surface area contributed by atoms with Crippen molar-refractivity contribution in [2.24, 2.45) is 0 Å². The van der Waals surface area contributed by atoms with Crippen LogP contribution in [0.5, 0.6) is 0 Å². The van der Waals surface area contributed by atoms with E-state index in [2.05, 4.69) is 10.6 Å². The lowest BCUT2D eigenvalue weighted by atomic mass is 10.2. The fraction of sp³-hybridized carbons (Fsp3) is 0.462. The number of benzene rings is 1. The molecular formula is C13H18N2OS. The summed E-state index contributed by atoms with van der Waals surface area (Å²) in [5.41, 5.74) is 1.14. The lowest BCUT2D eigenvalue weighted by Crippen LogP contribution is -2.38. The Morgan fingerprint density at radius 1 is 1.35 bits per heavy atom. The molecule has 1 aliphatic heterocycles. The second-order valence-corrected chi connectivity index (χ2v) is 5.35. The predicted molar refractivity (Wildman–Crippen MR) is 72.0 cm³/mol. The van der Waals surface area contributed by atoms with Gasteiger partial charge in [-0.15, -0.1) is 0 Å². The summed E-state index contributed by atoms with van der Waals surface area (Å²) in [7, 11) is 0. The van der Waals surface area contributed by atoms with Gasteiger partial charge in [0.25, 0.3) is 0 Å². The van der Waals surface area contributed by atoms with Crippen LogP contribution in [0, 0.1) is 0 Å². The molecule has 0 radical (unpaired) electrons. The molecular weight excluding hydrogens is 232 g/mol. The van der Waals surface area contributed by atoms with Crippen LogP contribution in [0.15, 0.2) is 30.3 Å². The third kappa shape index (κ3) is 4.40. The van der Waals surface area contributed by atoms with Gasteiger partial charge in [-0.3, -0.25) is 4.79 Å². The Hall–Kier alpha value is -1.00. The average molecular weight is 250 g/mol. The SMILES string of the molecule is O=C(CNC1CCSC1)NCc1ccccc1. The van der Waals surface area contributed by atoms with E-state index in [1.807, 2.05) is 42.1 Å². The summed E-state index contributed by atoms with van der Waals surface area (Å²) < 4.78 is 0. The van der Waals surface area contributed by atoms with E-state index in [0.29, 0.717) is 19.1 Å². The van der Waals surface area contributed by atoms with Crippen molar-refractivity contribution in [3.63, 3.8) is 0 Å². The minimum absolute atomic E-state index is 0.0748. The molecule has 0 bridgehead atoms. The first-order valence-corrected chi connectivity index (χ1v) is 7.12. The minimum Gasteiger partial charge on any atom is -0.351 e. The van der Waals surface area contributed by atoms with Crippen molar-refractivity contribution in [2.45, 2.75) is 19.0 Å². The van der Waals surface area contributed by atoms with Crippen molar-refractivity contribution in [3.05, 3.63) is 35.9 Å². The first-order valence-electron chi connectivity index (χ1n) is 5.96. The van der Waals surface area contributed by atoms with Gasteiger partial charge in [0.15, 0.2) is 0 Å². The van der Waals surface area contributed by atoms with Gasteiger partial charge < -0.3 is 10.6 Å². The second-order valence-electron chi connectivity index (χ2n) is 4.20. The molecule has 1 heterocycles. The molecule has 1 amide bonds. The number of carbonyl (C=O) groups is 1. The van der Waals surface area contributed by atoms with E-state index in [1.165, 1.54) is 12.2 Å². The van der Waals surface area contributed by atoms with Crippen LogP contribution in [-0.4, -0.2) is 30.0 Å². The third-order valence-corrected chi connectivity index (χ3v) is 3.98. The Morgan fingerprint density at radius 3 is 2.88 bits per heavy atom. The van der Waals surface area contributed by atoms with Crippen molar-refractivity contribution < 1.29 is 4.79 Å². The molecule has 0 spiro atoms. The maximum absolute atomic E-state index is 11.6. The van der Waals surface area contributed by atoms with Gasteiger partial charge in [0.05, 0.1) is 6.54 Å². The third-order valence-electron chi connectivity index (χ3n) is 2.81. The van der Waals surface area contributed by atoms with E-state index >= 15 is 0 Å². The van der Waals surface area contributed by atoms with Gasteiger partial charge in [-0.25, -0.2) is 0 Å². The highest BCUT2D eigenvalue weighted by molar-refractivity contribution is 7.99. The molecule has 1 unspecified atom stereocenters. The monoisotopic (exact) mass is 250 g/mol. The summed E-state index contributed by atoms with van der Waals surface area (Å²) >= 11 is 1.95. The maximum Gasteiger partial charge on any atom is 0.234 e. The maximum atomic E-state index is 11.6. The van der Waals surface area contributed by atoms with Gasteiger partial charge in [-0.05, 0) is 17.7 Å². The lowest BCUT2D eigenvalue weighted by Gasteiger charge is -2.11. The van der Waals surface area contributed by atoms with Crippen LogP contribution < -0.4 is 10.6 Å². The van der Waals surface area contributed by atoms with Gasteiger partial charge in [-0.2, -0.15) is 11.8 Å². The molecule has 1 saturated heterocycles. The zero-order valence-corrected chi connectivity index (χ0v) is 10.6. The molecule has 0 aliphatic carbocycles. The number of hydrogen-bond acceptors (Lipinski definition) is 3. The smallest absolute Gasteiger partial charge is 0.234 e. The van der Waals surface area contributed by atoms with Crippen LogP contribution in [0.3, 0.4) is 0 Å². The van der Waals surface area contributed by atoms with Crippen LogP contribution in [-0.2, 0) is 11.3 Å². The fourth-order valence-corrected chi connectivity index (χ4v) is 2.98. The molecule has 2 rings (SSSR count). The summed E-state index contributed by atoms with van der Waals surface area (Å²) in [6, 6.07) is 10.5. The van der Waals surface area contributed by atoms with E-state index in [9.17, 15) is 4.79 Å². The van der Waals surface area contributed by atoms with Gasteiger partial charge in [0.2, 0.25) is 5.91 Å². The van der Waals surface area contributed by atoms with Crippen molar-refractivity contribution >= 4 is 17.7 Å². The topological polar surface area (TPSA) is 41.1 Å². The van der Waals surface area contributed by atoms with E-state index < -0.39 is 0 Å². The summed E-state index contributed by atoms with van der Waals surface area (Å²) in [5.74, 6) is 2.42. The van der Waals surface area contributed by atoms with Gasteiger partial charge >= 0.3 is 0 Å². The molecule has 2 N–H and O–H groups in total. The molecule has 0 saturated carbocycles. The number of carbonyl (C=O) groups excluding carboxylic acids is 1. The normalized spacial score (nSPS) is 19.2. The number of rotatable bonds is 5. The molecule has 4 heteroatoms. The average Bonchev–Trinajstić information content (AvgIpc) is 2.88. The zero-order valence-electron chi connectivity index (χ0n) is 9.82. The number of hydrogen-bond donors (Lipinski definition) is 2. The summed E-state index contributed by atoms with van der Waals surface area (Å²) in [6.07, 6.45) is 1.18. The van der Waals surface area contributed by atoms with Crippen LogP contribution in [0.25, 0.3) is 0 Å². The highest BCUT2D eigenvalue weighted by Crippen LogP contribution is 2.16. The molecule has 92 valence electrons. The Bertz CT molecular complexity index is 350. The van der Waals surface area contributed by atoms with Crippen molar-refractivity contribution in [1.82, 2.24) is 10.6 Å². The van der Waals surface area contributed by atoms with E-state index in [4.69, 9.17) is 0 Å². The van der Waals surface area contributed by atoms with Crippen LogP contribution in [0.2, 0.25) is 0 Å². The molecule has 1 aromatic carbocycles. The number of thioether (sulfide) groups is 1. The Labute approximate surface area is 106 Å². The summed E-state index contributed by atoms with van der Waals surface area (Å²) in [6.45, 7) is 1.04. The molecule has 0 aromatic heterocycles. The Morgan fingerprint density at radius 2 is 2.18 bits per heavy atom. The number of amides is 1. The molecule has 17 heavy (non-hydrogen) atoms. The van der Waals surface area contributed by atoms with Crippen LogP contribution in [0.4, 0.5) is 0 Å². The zero-order chi connectivity index (χ0) is 11.9.